The lowest BCUT2D eigenvalue weighted by atomic mass is 10.0. The van der Waals surface area contributed by atoms with Gasteiger partial charge in [-0.2, -0.15) is 5.10 Å². The van der Waals surface area contributed by atoms with Crippen LogP contribution in [0.25, 0.3) is 33.4 Å². The third-order valence-corrected chi connectivity index (χ3v) is 4.00. The molecule has 0 spiro atoms. The number of pyridine rings is 3. The maximum absolute atomic E-state index is 6.00. The van der Waals surface area contributed by atoms with Gasteiger partial charge in [0.2, 0.25) is 0 Å². The van der Waals surface area contributed by atoms with Crippen LogP contribution in [0.1, 0.15) is 5.56 Å². The van der Waals surface area contributed by atoms with Gasteiger partial charge < -0.3 is 0 Å². The van der Waals surface area contributed by atoms with Crippen LogP contribution in [0.2, 0.25) is 5.15 Å². The van der Waals surface area contributed by atoms with Gasteiger partial charge in [-0.25, -0.2) is 4.98 Å². The van der Waals surface area contributed by atoms with Crippen LogP contribution in [0, 0.1) is 6.92 Å². The maximum Gasteiger partial charge on any atom is 0.129 e. The molecule has 0 saturated carbocycles. The molecule has 4 heterocycles. The Balaban J connectivity index is 1.91. The number of hydrogen-bond donors (Lipinski definition) is 0. The Labute approximate surface area is 144 Å². The number of rotatable bonds is 2. The molecule has 0 amide bonds. The van der Waals surface area contributed by atoms with E-state index in [0.717, 1.165) is 39.0 Å². The normalized spacial score (nSPS) is 11.1. The van der Waals surface area contributed by atoms with Crippen molar-refractivity contribution in [3.63, 3.8) is 0 Å². The van der Waals surface area contributed by atoms with E-state index in [-0.39, 0.29) is 0 Å². The highest BCUT2D eigenvalue weighted by molar-refractivity contribution is 6.29. The molecule has 0 N–H and O–H groups in total. The van der Waals surface area contributed by atoms with Gasteiger partial charge in [-0.05, 0) is 36.8 Å². The number of nitrogens with zero attached hydrogens (tertiary/aromatic N) is 5. The Morgan fingerprint density at radius 1 is 1.00 bits per heavy atom. The minimum atomic E-state index is 0.454. The summed E-state index contributed by atoms with van der Waals surface area (Å²) in [4.78, 5) is 13.1. The summed E-state index contributed by atoms with van der Waals surface area (Å²) in [7, 11) is 1.90. The Morgan fingerprint density at radius 3 is 2.71 bits per heavy atom. The van der Waals surface area contributed by atoms with Crippen molar-refractivity contribution in [2.75, 3.05) is 0 Å². The smallest absolute Gasteiger partial charge is 0.129 e. The molecule has 24 heavy (non-hydrogen) atoms. The minimum absolute atomic E-state index is 0.454. The van der Waals surface area contributed by atoms with E-state index in [1.165, 1.54) is 0 Å². The first-order valence-electron chi connectivity index (χ1n) is 7.48. The molecule has 118 valence electrons. The number of fused-ring (bicyclic) bond motifs is 1. The van der Waals surface area contributed by atoms with E-state index in [1.807, 2.05) is 50.9 Å². The lowest BCUT2D eigenvalue weighted by molar-refractivity contribution is 0.771. The molecule has 0 bridgehead atoms. The zero-order valence-corrected chi connectivity index (χ0v) is 14.0. The molecule has 0 aromatic carbocycles. The van der Waals surface area contributed by atoms with Gasteiger partial charge in [-0.15, -0.1) is 0 Å². The van der Waals surface area contributed by atoms with Gasteiger partial charge in [-0.1, -0.05) is 11.6 Å². The summed E-state index contributed by atoms with van der Waals surface area (Å²) in [6.07, 6.45) is 7.46. The standard InChI is InChI=1S/C18H14ClN5/c1-11-5-13(8-20-7-11)18-14(10-24(2)23-18)12-6-16-15(21-9-12)3-4-17(19)22-16/h3-10H,1-2H3. The second-order valence-corrected chi connectivity index (χ2v) is 6.10. The third-order valence-electron chi connectivity index (χ3n) is 3.79. The Morgan fingerprint density at radius 2 is 1.88 bits per heavy atom. The molecule has 4 aromatic heterocycles. The van der Waals surface area contributed by atoms with E-state index in [9.17, 15) is 0 Å². The summed E-state index contributed by atoms with van der Waals surface area (Å²) in [5.74, 6) is 0. The van der Waals surface area contributed by atoms with Crippen molar-refractivity contribution in [3.8, 4) is 22.4 Å². The molecule has 0 aliphatic heterocycles. The monoisotopic (exact) mass is 335 g/mol. The van der Waals surface area contributed by atoms with Crippen molar-refractivity contribution in [2.45, 2.75) is 6.92 Å². The fourth-order valence-electron chi connectivity index (χ4n) is 2.73. The second-order valence-electron chi connectivity index (χ2n) is 5.71. The first-order valence-corrected chi connectivity index (χ1v) is 7.86. The van der Waals surface area contributed by atoms with E-state index >= 15 is 0 Å². The number of aromatic nitrogens is 5. The van der Waals surface area contributed by atoms with Gasteiger partial charge in [-0.3, -0.25) is 14.6 Å². The van der Waals surface area contributed by atoms with E-state index in [1.54, 1.807) is 10.7 Å². The molecule has 4 aromatic rings. The second kappa shape index (κ2) is 5.69. The highest BCUT2D eigenvalue weighted by atomic mass is 35.5. The highest BCUT2D eigenvalue weighted by Gasteiger charge is 2.14. The first-order chi connectivity index (χ1) is 11.6. The Kier molecular flexibility index (Phi) is 3.50. The molecular weight excluding hydrogens is 322 g/mol. The fourth-order valence-corrected chi connectivity index (χ4v) is 2.88. The number of halogens is 1. The van der Waals surface area contributed by atoms with Gasteiger partial charge in [0.05, 0.1) is 11.0 Å². The largest absolute Gasteiger partial charge is 0.275 e. The summed E-state index contributed by atoms with van der Waals surface area (Å²) in [5.41, 5.74) is 6.45. The molecule has 5 nitrogen and oxygen atoms in total. The van der Waals surface area contributed by atoms with Crippen molar-refractivity contribution >= 4 is 22.6 Å². The summed E-state index contributed by atoms with van der Waals surface area (Å²) < 4.78 is 1.79. The van der Waals surface area contributed by atoms with Crippen molar-refractivity contribution in [1.29, 1.82) is 0 Å². The molecule has 0 radical (unpaired) electrons. The quantitative estimate of drug-likeness (QED) is 0.518. The van der Waals surface area contributed by atoms with Crippen LogP contribution in [0.5, 0.6) is 0 Å². The minimum Gasteiger partial charge on any atom is -0.275 e. The van der Waals surface area contributed by atoms with Crippen molar-refractivity contribution < 1.29 is 0 Å². The highest BCUT2D eigenvalue weighted by Crippen LogP contribution is 2.31. The van der Waals surface area contributed by atoms with Crippen LogP contribution in [-0.4, -0.2) is 24.7 Å². The fraction of sp³-hybridized carbons (Fsp3) is 0.111. The van der Waals surface area contributed by atoms with Gasteiger partial charge in [0.15, 0.2) is 0 Å². The predicted molar refractivity (Wildman–Crippen MR) is 94.7 cm³/mol. The van der Waals surface area contributed by atoms with E-state index < -0.39 is 0 Å². The molecule has 0 atom stereocenters. The van der Waals surface area contributed by atoms with Crippen LogP contribution in [-0.2, 0) is 7.05 Å². The molecule has 0 aliphatic carbocycles. The topological polar surface area (TPSA) is 56.5 Å². The molecule has 4 rings (SSSR count). The summed E-state index contributed by atoms with van der Waals surface area (Å²) in [5, 5.41) is 5.05. The van der Waals surface area contributed by atoms with Crippen molar-refractivity contribution in [1.82, 2.24) is 24.7 Å². The number of aryl methyl sites for hydroxylation is 2. The van der Waals surface area contributed by atoms with Crippen LogP contribution >= 0.6 is 11.6 Å². The van der Waals surface area contributed by atoms with Gasteiger partial charge >= 0.3 is 0 Å². The average Bonchev–Trinajstić information content (AvgIpc) is 2.96. The van der Waals surface area contributed by atoms with Gasteiger partial charge in [0.25, 0.3) is 0 Å². The van der Waals surface area contributed by atoms with E-state index in [2.05, 4.69) is 26.1 Å². The zero-order valence-electron chi connectivity index (χ0n) is 13.2. The Hall–Kier alpha value is -2.79. The van der Waals surface area contributed by atoms with Gasteiger partial charge in [0.1, 0.15) is 10.8 Å². The predicted octanol–water partition coefficient (Wildman–Crippen LogP) is 4.05. The van der Waals surface area contributed by atoms with Crippen molar-refractivity contribution in [3.05, 3.63) is 59.8 Å². The van der Waals surface area contributed by atoms with Gasteiger partial charge in [0, 0.05) is 48.5 Å². The molecule has 0 fully saturated rings. The lowest BCUT2D eigenvalue weighted by Gasteiger charge is -2.05. The van der Waals surface area contributed by atoms with Crippen LogP contribution < -0.4 is 0 Å². The SMILES string of the molecule is Cc1cncc(-c2nn(C)cc2-c2cnc3ccc(Cl)nc3c2)c1. The Bertz CT molecular complexity index is 1050. The van der Waals surface area contributed by atoms with E-state index in [4.69, 9.17) is 11.6 Å². The first kappa shape index (κ1) is 14.8. The lowest BCUT2D eigenvalue weighted by Crippen LogP contribution is -1.89. The summed E-state index contributed by atoms with van der Waals surface area (Å²) in [6.45, 7) is 2.02. The summed E-state index contributed by atoms with van der Waals surface area (Å²) >= 11 is 6.00. The molecule has 0 saturated heterocycles. The third kappa shape index (κ3) is 2.63. The van der Waals surface area contributed by atoms with Crippen LogP contribution in [0.3, 0.4) is 0 Å². The molecule has 6 heteroatoms. The molecule has 0 unspecified atom stereocenters. The average molecular weight is 336 g/mol. The van der Waals surface area contributed by atoms with Crippen LogP contribution in [0.15, 0.2) is 49.1 Å². The molecular formula is C18H14ClN5. The zero-order chi connectivity index (χ0) is 16.7. The van der Waals surface area contributed by atoms with Crippen LogP contribution in [0.4, 0.5) is 0 Å². The van der Waals surface area contributed by atoms with Crippen molar-refractivity contribution in [2.24, 2.45) is 7.05 Å². The summed E-state index contributed by atoms with van der Waals surface area (Å²) in [6, 6.07) is 7.66. The maximum atomic E-state index is 6.00. The number of hydrogen-bond acceptors (Lipinski definition) is 4. The van der Waals surface area contributed by atoms with E-state index in [0.29, 0.717) is 5.15 Å². The molecule has 0 aliphatic rings.